The van der Waals surface area contributed by atoms with E-state index in [1.54, 1.807) is 11.5 Å². The van der Waals surface area contributed by atoms with E-state index in [0.29, 0.717) is 17.2 Å². The zero-order valence-electron chi connectivity index (χ0n) is 16.7. The minimum absolute atomic E-state index is 0. The van der Waals surface area contributed by atoms with E-state index in [2.05, 4.69) is 15.0 Å². The molecule has 2 aliphatic heterocycles. The predicted octanol–water partition coefficient (Wildman–Crippen LogP) is -3.98. The summed E-state index contributed by atoms with van der Waals surface area (Å²) in [5, 5.41) is 15.6. The van der Waals surface area contributed by atoms with Crippen molar-refractivity contribution < 1.29 is 58.6 Å². The van der Waals surface area contributed by atoms with Crippen LogP contribution in [0, 0.1) is 0 Å². The Labute approximate surface area is 207 Å². The van der Waals surface area contributed by atoms with E-state index in [4.69, 9.17) is 11.5 Å². The summed E-state index contributed by atoms with van der Waals surface area (Å²) in [6, 6.07) is -0.924. The SMILES string of the molecule is CC/C=C(/C(=O)N[C@@H]1C(=O)N2C(C(=O)[O-])=C(COC(N)=O)CS[C@H]12)c1csc(N)n1.[Na+]. The Bertz CT molecular complexity index is 978. The summed E-state index contributed by atoms with van der Waals surface area (Å²) in [6.07, 6.45) is 1.17. The predicted molar refractivity (Wildman–Crippen MR) is 107 cm³/mol. The summed E-state index contributed by atoms with van der Waals surface area (Å²) in [5.74, 6) is -2.53. The molecule has 3 heterocycles. The number of amides is 3. The molecule has 0 aliphatic carbocycles. The van der Waals surface area contributed by atoms with Gasteiger partial charge in [0.25, 0.3) is 11.8 Å². The molecular weight excluding hydrogens is 457 g/mol. The van der Waals surface area contributed by atoms with Crippen molar-refractivity contribution >= 4 is 57.7 Å². The summed E-state index contributed by atoms with van der Waals surface area (Å²) in [7, 11) is 0. The van der Waals surface area contributed by atoms with Crippen molar-refractivity contribution in [2.75, 3.05) is 18.1 Å². The van der Waals surface area contributed by atoms with Gasteiger partial charge in [0.1, 0.15) is 18.0 Å². The van der Waals surface area contributed by atoms with Crippen molar-refractivity contribution in [2.45, 2.75) is 24.8 Å². The van der Waals surface area contributed by atoms with Gasteiger partial charge in [-0.15, -0.1) is 23.1 Å². The fourth-order valence-corrected chi connectivity index (χ4v) is 4.98. The molecule has 3 rings (SSSR count). The van der Waals surface area contributed by atoms with Crippen LogP contribution in [0.2, 0.25) is 0 Å². The van der Waals surface area contributed by atoms with E-state index < -0.39 is 35.3 Å². The number of aliphatic carboxylic acids is 1. The fraction of sp³-hybridized carbons (Fsp3) is 0.353. The van der Waals surface area contributed by atoms with Gasteiger partial charge in [-0.25, -0.2) is 9.78 Å². The van der Waals surface area contributed by atoms with Gasteiger partial charge in [-0.2, -0.15) is 0 Å². The maximum Gasteiger partial charge on any atom is 1.00 e. The van der Waals surface area contributed by atoms with Gasteiger partial charge in [0.15, 0.2) is 5.13 Å². The van der Waals surface area contributed by atoms with E-state index >= 15 is 0 Å². The van der Waals surface area contributed by atoms with E-state index in [-0.39, 0.29) is 58.8 Å². The van der Waals surface area contributed by atoms with Crippen LogP contribution in [-0.2, 0) is 19.1 Å². The second-order valence-electron chi connectivity index (χ2n) is 6.31. The Morgan fingerprint density at radius 1 is 1.45 bits per heavy atom. The number of ether oxygens (including phenoxy) is 1. The summed E-state index contributed by atoms with van der Waals surface area (Å²) < 4.78 is 4.65. The smallest absolute Gasteiger partial charge is 0.543 e. The van der Waals surface area contributed by atoms with Crippen molar-refractivity contribution in [3.8, 4) is 0 Å². The number of thioether (sulfide) groups is 1. The van der Waals surface area contributed by atoms with Crippen molar-refractivity contribution in [3.05, 3.63) is 28.4 Å². The largest absolute Gasteiger partial charge is 1.00 e. The summed E-state index contributed by atoms with van der Waals surface area (Å²) in [4.78, 5) is 53.0. The van der Waals surface area contributed by atoms with Crippen molar-refractivity contribution in [2.24, 2.45) is 5.73 Å². The number of primary amides is 1. The number of carboxylic acid groups (broad SMARTS) is 1. The second-order valence-corrected chi connectivity index (χ2v) is 8.30. The molecule has 0 saturated carbocycles. The molecule has 11 nitrogen and oxygen atoms in total. The van der Waals surface area contributed by atoms with Crippen LogP contribution in [0.1, 0.15) is 19.0 Å². The number of rotatable bonds is 7. The van der Waals surface area contributed by atoms with Crippen LogP contribution in [0.15, 0.2) is 22.7 Å². The molecule has 1 aromatic heterocycles. The minimum Gasteiger partial charge on any atom is -0.543 e. The molecule has 3 amide bonds. The first kappa shape index (κ1) is 25.2. The number of allylic oxidation sites excluding steroid dienone is 1. The molecule has 0 spiro atoms. The molecular formula is C17H18N5NaO6S2. The second kappa shape index (κ2) is 10.5. The first-order chi connectivity index (χ1) is 14.2. The number of carbonyl (C=O) groups is 4. The quantitative estimate of drug-likeness (QED) is 0.201. The number of nitrogens with zero attached hydrogens (tertiary/aromatic N) is 2. The third kappa shape index (κ3) is 5.23. The zero-order valence-corrected chi connectivity index (χ0v) is 20.4. The van der Waals surface area contributed by atoms with E-state index in [0.717, 1.165) is 4.90 Å². The van der Waals surface area contributed by atoms with Gasteiger partial charge in [0.2, 0.25) is 0 Å². The van der Waals surface area contributed by atoms with Gasteiger partial charge in [0.05, 0.1) is 22.9 Å². The average Bonchev–Trinajstić information content (AvgIpc) is 3.13. The normalized spacial score (nSPS) is 20.4. The van der Waals surface area contributed by atoms with Crippen LogP contribution in [-0.4, -0.2) is 57.5 Å². The Morgan fingerprint density at radius 2 is 2.16 bits per heavy atom. The third-order valence-corrected chi connectivity index (χ3v) is 6.38. The number of nitrogens with two attached hydrogens (primary N) is 2. The maximum atomic E-state index is 12.8. The molecule has 0 radical (unpaired) electrons. The number of hydrogen-bond donors (Lipinski definition) is 3. The van der Waals surface area contributed by atoms with Crippen LogP contribution in [0.5, 0.6) is 0 Å². The van der Waals surface area contributed by atoms with Crippen LogP contribution < -0.4 is 51.4 Å². The summed E-state index contributed by atoms with van der Waals surface area (Å²) in [5.41, 5.74) is 11.1. The summed E-state index contributed by atoms with van der Waals surface area (Å²) in [6.45, 7) is 1.48. The van der Waals surface area contributed by atoms with Crippen molar-refractivity contribution in [1.82, 2.24) is 15.2 Å². The number of thiazole rings is 1. The number of carboxylic acids is 1. The number of anilines is 1. The molecule has 1 aromatic rings. The van der Waals surface area contributed by atoms with Gasteiger partial charge in [0, 0.05) is 16.7 Å². The van der Waals surface area contributed by atoms with Gasteiger partial charge in [-0.05, 0) is 6.42 Å². The number of nitrogen functional groups attached to an aromatic ring is 1. The van der Waals surface area contributed by atoms with Gasteiger partial charge in [-0.3, -0.25) is 14.5 Å². The van der Waals surface area contributed by atoms with Crippen molar-refractivity contribution in [3.63, 3.8) is 0 Å². The molecule has 160 valence electrons. The average molecular weight is 475 g/mol. The minimum atomic E-state index is -1.58. The van der Waals surface area contributed by atoms with E-state index in [1.807, 2.05) is 6.92 Å². The monoisotopic (exact) mass is 475 g/mol. The molecule has 1 saturated heterocycles. The standard InChI is InChI=1S/C17H19N5O6S2.Na/c1-2-3-8(9-6-30-16(18)20-9)12(23)21-10-13(24)22-11(15(25)26)7(4-28-17(19)27)5-29-14(10)22;/h3,6,10,14H,2,4-5H2,1H3,(H2,18,20)(H2,19,27)(H,21,23)(H,25,26);/q;+1/p-1/b8-3+;/t10-,14-;/m1./s1. The molecule has 1 fully saturated rings. The van der Waals surface area contributed by atoms with Gasteiger partial charge >= 0.3 is 35.7 Å². The zero-order chi connectivity index (χ0) is 22.0. The Balaban J connectivity index is 0.00000341. The number of hydrogen-bond acceptors (Lipinski definition) is 10. The molecule has 5 N–H and O–H groups in total. The first-order valence-electron chi connectivity index (χ1n) is 8.77. The number of fused-ring (bicyclic) bond motifs is 1. The number of carbonyl (C=O) groups excluding carboxylic acids is 4. The molecule has 2 atom stereocenters. The van der Waals surface area contributed by atoms with E-state index in [1.165, 1.54) is 23.1 Å². The molecule has 0 aromatic carbocycles. The fourth-order valence-electron chi connectivity index (χ4n) is 3.09. The number of aromatic nitrogens is 1. The molecule has 0 unspecified atom stereocenters. The maximum absolute atomic E-state index is 12.8. The topological polar surface area (TPSA) is 181 Å². The van der Waals surface area contributed by atoms with Crippen LogP contribution in [0.3, 0.4) is 0 Å². The Hall–Kier alpha value is -2.06. The Morgan fingerprint density at radius 3 is 2.71 bits per heavy atom. The van der Waals surface area contributed by atoms with E-state index in [9.17, 15) is 24.3 Å². The Kier molecular flexibility index (Phi) is 8.54. The molecule has 2 aliphatic rings. The van der Waals surface area contributed by atoms with Crippen LogP contribution in [0.4, 0.5) is 9.93 Å². The summed E-state index contributed by atoms with van der Waals surface area (Å²) >= 11 is 2.42. The van der Waals surface area contributed by atoms with Crippen LogP contribution in [0.25, 0.3) is 5.57 Å². The molecule has 31 heavy (non-hydrogen) atoms. The molecule has 0 bridgehead atoms. The molecule has 14 heteroatoms. The third-order valence-electron chi connectivity index (χ3n) is 4.37. The van der Waals surface area contributed by atoms with Crippen molar-refractivity contribution in [1.29, 1.82) is 0 Å². The number of β-lactam (4-membered cyclic amide) rings is 1. The van der Waals surface area contributed by atoms with Gasteiger partial charge in [-0.1, -0.05) is 13.0 Å². The van der Waals surface area contributed by atoms with Crippen LogP contribution >= 0.6 is 23.1 Å². The first-order valence-corrected chi connectivity index (χ1v) is 10.7. The van der Waals surface area contributed by atoms with Gasteiger partial charge < -0.3 is 31.4 Å². The number of nitrogens with one attached hydrogen (secondary N) is 1.